The van der Waals surface area contributed by atoms with E-state index in [1.165, 1.54) is 13.2 Å². The molecule has 0 saturated heterocycles. The molecule has 0 atom stereocenters. The highest BCUT2D eigenvalue weighted by Crippen LogP contribution is 2.27. The van der Waals surface area contributed by atoms with Crippen LogP contribution in [0.3, 0.4) is 0 Å². The summed E-state index contributed by atoms with van der Waals surface area (Å²) >= 11 is 0. The molecule has 1 heterocycles. The van der Waals surface area contributed by atoms with E-state index in [2.05, 4.69) is 0 Å². The van der Waals surface area contributed by atoms with Crippen LogP contribution in [0.25, 0.3) is 11.0 Å². The zero-order chi connectivity index (χ0) is 15.2. The molecule has 21 heavy (non-hydrogen) atoms. The SMILES string of the molecule is COc1ccc2c(OCCCC(=O)NO)cc(=O)oc2c1. The zero-order valence-corrected chi connectivity index (χ0v) is 11.4. The summed E-state index contributed by atoms with van der Waals surface area (Å²) in [7, 11) is 1.52. The normalized spacial score (nSPS) is 10.4. The van der Waals surface area contributed by atoms with Crippen molar-refractivity contribution in [3.05, 3.63) is 34.7 Å². The molecule has 7 nitrogen and oxygen atoms in total. The van der Waals surface area contributed by atoms with Crippen LogP contribution in [0.4, 0.5) is 0 Å². The van der Waals surface area contributed by atoms with Gasteiger partial charge in [-0.1, -0.05) is 0 Å². The molecular weight excluding hydrogens is 278 g/mol. The summed E-state index contributed by atoms with van der Waals surface area (Å²) in [6, 6.07) is 6.31. The smallest absolute Gasteiger partial charge is 0.339 e. The van der Waals surface area contributed by atoms with Gasteiger partial charge in [0.05, 0.1) is 25.2 Å². The number of methoxy groups -OCH3 is 1. The molecule has 0 spiro atoms. The van der Waals surface area contributed by atoms with Crippen LogP contribution in [0.1, 0.15) is 12.8 Å². The largest absolute Gasteiger partial charge is 0.497 e. The van der Waals surface area contributed by atoms with Crippen LogP contribution >= 0.6 is 0 Å². The predicted octanol–water partition coefficient (Wildman–Crippen LogP) is 1.47. The number of hydrogen-bond acceptors (Lipinski definition) is 6. The second-order valence-electron chi connectivity index (χ2n) is 4.28. The summed E-state index contributed by atoms with van der Waals surface area (Å²) in [6.07, 6.45) is 0.536. The second-order valence-corrected chi connectivity index (χ2v) is 4.28. The van der Waals surface area contributed by atoms with E-state index in [0.717, 1.165) is 0 Å². The third-order valence-corrected chi connectivity index (χ3v) is 2.84. The molecule has 0 aliphatic rings. The Balaban J connectivity index is 2.15. The maximum atomic E-state index is 11.5. The van der Waals surface area contributed by atoms with Crippen LogP contribution in [0.15, 0.2) is 33.5 Å². The highest BCUT2D eigenvalue weighted by atomic mass is 16.5. The van der Waals surface area contributed by atoms with Gasteiger partial charge in [0, 0.05) is 12.5 Å². The molecule has 0 aliphatic heterocycles. The van der Waals surface area contributed by atoms with Crippen molar-refractivity contribution in [2.75, 3.05) is 13.7 Å². The number of carbonyl (C=O) groups is 1. The molecule has 0 bridgehead atoms. The van der Waals surface area contributed by atoms with Gasteiger partial charge in [0.25, 0.3) is 0 Å². The standard InChI is InChI=1S/C14H15NO6/c1-19-9-4-5-10-11(8-14(17)21-12(10)7-9)20-6-2-3-13(16)15-18/h4-5,7-8,18H,2-3,6H2,1H3,(H,15,16). The minimum atomic E-state index is -0.529. The number of amides is 1. The average Bonchev–Trinajstić information content (AvgIpc) is 2.50. The third-order valence-electron chi connectivity index (χ3n) is 2.84. The second kappa shape index (κ2) is 6.76. The van der Waals surface area contributed by atoms with Gasteiger partial charge in [-0.15, -0.1) is 0 Å². The van der Waals surface area contributed by atoms with Crippen LogP contribution in [0, 0.1) is 0 Å². The molecule has 0 fully saturated rings. The lowest BCUT2D eigenvalue weighted by molar-refractivity contribution is -0.129. The first-order valence-electron chi connectivity index (χ1n) is 6.31. The molecule has 7 heteroatoms. The zero-order valence-electron chi connectivity index (χ0n) is 11.4. The van der Waals surface area contributed by atoms with E-state index in [4.69, 9.17) is 19.1 Å². The van der Waals surface area contributed by atoms with Crippen LogP contribution in [0.5, 0.6) is 11.5 Å². The van der Waals surface area contributed by atoms with Crippen LogP contribution in [-0.4, -0.2) is 24.8 Å². The van der Waals surface area contributed by atoms with Crippen molar-refractivity contribution in [3.63, 3.8) is 0 Å². The van der Waals surface area contributed by atoms with Gasteiger partial charge in [-0.25, -0.2) is 10.3 Å². The molecule has 112 valence electrons. The highest BCUT2D eigenvalue weighted by Gasteiger charge is 2.08. The number of rotatable bonds is 6. The molecule has 1 aromatic carbocycles. The third kappa shape index (κ3) is 3.73. The number of nitrogens with one attached hydrogen (secondary N) is 1. The Bertz CT molecular complexity index is 693. The molecule has 1 amide bonds. The number of hydroxylamine groups is 1. The van der Waals surface area contributed by atoms with E-state index in [0.29, 0.717) is 28.9 Å². The van der Waals surface area contributed by atoms with Gasteiger partial charge in [0.15, 0.2) is 0 Å². The Kier molecular flexibility index (Phi) is 4.78. The molecule has 2 N–H and O–H groups in total. The number of carbonyl (C=O) groups excluding carboxylic acids is 1. The fourth-order valence-electron chi connectivity index (χ4n) is 1.83. The van der Waals surface area contributed by atoms with Crippen LogP contribution in [0.2, 0.25) is 0 Å². The molecule has 0 unspecified atom stereocenters. The Morgan fingerprint density at radius 1 is 1.38 bits per heavy atom. The van der Waals surface area contributed by atoms with Gasteiger partial charge in [-0.05, 0) is 18.6 Å². The molecule has 2 aromatic rings. The first kappa shape index (κ1) is 14.9. The van der Waals surface area contributed by atoms with Crippen molar-refractivity contribution >= 4 is 16.9 Å². The Morgan fingerprint density at radius 3 is 2.90 bits per heavy atom. The first-order valence-corrected chi connectivity index (χ1v) is 6.31. The van der Waals surface area contributed by atoms with Crippen molar-refractivity contribution in [2.24, 2.45) is 0 Å². The highest BCUT2D eigenvalue weighted by molar-refractivity contribution is 5.84. The van der Waals surface area contributed by atoms with Crippen molar-refractivity contribution in [2.45, 2.75) is 12.8 Å². The summed E-state index contributed by atoms with van der Waals surface area (Å²) in [6.45, 7) is 0.234. The molecule has 0 radical (unpaired) electrons. The predicted molar refractivity (Wildman–Crippen MR) is 73.7 cm³/mol. The number of benzene rings is 1. The van der Waals surface area contributed by atoms with E-state index < -0.39 is 11.5 Å². The summed E-state index contributed by atoms with van der Waals surface area (Å²) in [4.78, 5) is 22.4. The summed E-state index contributed by atoms with van der Waals surface area (Å²) in [5.41, 5.74) is 1.38. The topological polar surface area (TPSA) is 98.0 Å². The van der Waals surface area contributed by atoms with Gasteiger partial charge in [-0.3, -0.25) is 10.0 Å². The van der Waals surface area contributed by atoms with Crippen molar-refractivity contribution in [3.8, 4) is 11.5 Å². The van der Waals surface area contributed by atoms with Gasteiger partial charge < -0.3 is 13.9 Å². The monoisotopic (exact) mass is 293 g/mol. The van der Waals surface area contributed by atoms with Crippen molar-refractivity contribution < 1.29 is 23.9 Å². The van der Waals surface area contributed by atoms with Gasteiger partial charge in [0.1, 0.15) is 17.1 Å². The Morgan fingerprint density at radius 2 is 2.19 bits per heavy atom. The van der Waals surface area contributed by atoms with Crippen LogP contribution < -0.4 is 20.6 Å². The maximum Gasteiger partial charge on any atom is 0.339 e. The molecule has 2 rings (SSSR count). The fourth-order valence-corrected chi connectivity index (χ4v) is 1.83. The van der Waals surface area contributed by atoms with E-state index in [-0.39, 0.29) is 13.0 Å². The maximum absolute atomic E-state index is 11.5. The summed E-state index contributed by atoms with van der Waals surface area (Å²) in [5, 5.41) is 9.01. The van der Waals surface area contributed by atoms with Crippen molar-refractivity contribution in [1.82, 2.24) is 5.48 Å². The minimum Gasteiger partial charge on any atom is -0.497 e. The van der Waals surface area contributed by atoms with E-state index in [9.17, 15) is 9.59 Å². The Labute approximate surface area is 120 Å². The number of ether oxygens (including phenoxy) is 2. The molecular formula is C14H15NO6. The quantitative estimate of drug-likeness (QED) is 0.362. The lowest BCUT2D eigenvalue weighted by Crippen LogP contribution is -2.18. The van der Waals surface area contributed by atoms with E-state index in [1.54, 1.807) is 23.7 Å². The lowest BCUT2D eigenvalue weighted by atomic mass is 10.2. The minimum absolute atomic E-state index is 0.129. The number of fused-ring (bicyclic) bond motifs is 1. The average molecular weight is 293 g/mol. The molecule has 0 aliphatic carbocycles. The lowest BCUT2D eigenvalue weighted by Gasteiger charge is -2.08. The number of hydrogen-bond donors (Lipinski definition) is 2. The summed E-state index contributed by atoms with van der Waals surface area (Å²) < 4.78 is 15.7. The first-order chi connectivity index (χ1) is 10.1. The molecule has 1 aromatic heterocycles. The summed E-state index contributed by atoms with van der Waals surface area (Å²) in [5.74, 6) is 0.469. The van der Waals surface area contributed by atoms with Crippen molar-refractivity contribution in [1.29, 1.82) is 0 Å². The van der Waals surface area contributed by atoms with E-state index in [1.807, 2.05) is 0 Å². The van der Waals surface area contributed by atoms with Gasteiger partial charge >= 0.3 is 5.63 Å². The van der Waals surface area contributed by atoms with Crippen LogP contribution in [-0.2, 0) is 4.79 Å². The van der Waals surface area contributed by atoms with Gasteiger partial charge in [-0.2, -0.15) is 0 Å². The van der Waals surface area contributed by atoms with E-state index >= 15 is 0 Å². The Hall–Kier alpha value is -2.54. The van der Waals surface area contributed by atoms with Gasteiger partial charge in [0.2, 0.25) is 5.91 Å². The fraction of sp³-hybridized carbons (Fsp3) is 0.286. The molecule has 0 saturated carbocycles.